The van der Waals surface area contributed by atoms with Crippen LogP contribution in [0.15, 0.2) is 0 Å². The van der Waals surface area contributed by atoms with E-state index < -0.39 is 0 Å². The fraction of sp³-hybridized carbons (Fsp3) is 0.905. The molecule has 25 heavy (non-hydrogen) atoms. The zero-order chi connectivity index (χ0) is 17.6. The minimum Gasteiger partial charge on any atom is -0.462 e. The van der Waals surface area contributed by atoms with Crippen LogP contribution >= 0.6 is 0 Å². The van der Waals surface area contributed by atoms with Crippen molar-refractivity contribution in [1.82, 2.24) is 0 Å². The molecule has 4 aliphatic carbocycles. The van der Waals surface area contributed by atoms with Crippen LogP contribution < -0.4 is 0 Å². The van der Waals surface area contributed by atoms with E-state index in [2.05, 4.69) is 13.8 Å². The Kier molecular flexibility index (Phi) is 3.18. The Morgan fingerprint density at radius 1 is 1.16 bits per heavy atom. The number of rotatable bonds is 1. The van der Waals surface area contributed by atoms with E-state index in [1.54, 1.807) is 0 Å². The first-order valence-corrected chi connectivity index (χ1v) is 10.2. The molecule has 0 bridgehead atoms. The second-order valence-corrected chi connectivity index (χ2v) is 9.92. The molecule has 1 aliphatic heterocycles. The lowest BCUT2D eigenvalue weighted by Gasteiger charge is -2.58. The van der Waals surface area contributed by atoms with E-state index in [9.17, 15) is 9.59 Å². The number of hydrogen-bond acceptors (Lipinski definition) is 4. The molecule has 5 rings (SSSR count). The molecule has 0 aromatic heterocycles. The van der Waals surface area contributed by atoms with Crippen molar-refractivity contribution in [3.8, 4) is 0 Å². The fourth-order valence-corrected chi connectivity index (χ4v) is 7.75. The van der Waals surface area contributed by atoms with E-state index in [4.69, 9.17) is 9.47 Å². The number of hydrogen-bond donors (Lipinski definition) is 0. The summed E-state index contributed by atoms with van der Waals surface area (Å²) in [5.41, 5.74) is 0.0500. The first kappa shape index (κ1) is 16.3. The fourth-order valence-electron chi connectivity index (χ4n) is 7.75. The Morgan fingerprint density at radius 3 is 2.72 bits per heavy atom. The Morgan fingerprint density at radius 2 is 1.96 bits per heavy atom. The normalized spacial score (nSPS) is 56.3. The molecule has 4 nitrogen and oxygen atoms in total. The second kappa shape index (κ2) is 4.88. The van der Waals surface area contributed by atoms with Crippen LogP contribution in [0.1, 0.15) is 72.1 Å². The third kappa shape index (κ3) is 1.92. The van der Waals surface area contributed by atoms with Crippen LogP contribution in [0, 0.1) is 28.6 Å². The van der Waals surface area contributed by atoms with Crippen molar-refractivity contribution in [2.24, 2.45) is 28.6 Å². The SMILES string of the molecule is CC(=O)O[C@H]1CC[C@]2(C)[C@H]3CC[C@]4(C)C(=O)CC[C@H]4[C@@H]3C[C@@H]3O[C@]32C1. The van der Waals surface area contributed by atoms with Crippen LogP contribution in [0.4, 0.5) is 0 Å². The van der Waals surface area contributed by atoms with Gasteiger partial charge in [-0.05, 0) is 56.3 Å². The Balaban J connectivity index is 1.44. The first-order chi connectivity index (χ1) is 11.8. The molecule has 0 amide bonds. The molecular formula is C21H30O4. The van der Waals surface area contributed by atoms with Crippen molar-refractivity contribution < 1.29 is 19.1 Å². The molecule has 0 aromatic carbocycles. The van der Waals surface area contributed by atoms with Crippen molar-refractivity contribution in [1.29, 1.82) is 0 Å². The van der Waals surface area contributed by atoms with Gasteiger partial charge in [0.15, 0.2) is 0 Å². The molecule has 1 saturated heterocycles. The molecule has 1 spiro atoms. The lowest BCUT2D eigenvalue weighted by molar-refractivity contribution is -0.157. The number of Topliss-reactive ketones (excluding diaryl/α,β-unsaturated/α-hetero) is 1. The summed E-state index contributed by atoms with van der Waals surface area (Å²) < 4.78 is 12.0. The van der Waals surface area contributed by atoms with E-state index in [-0.39, 0.29) is 28.5 Å². The maximum absolute atomic E-state index is 12.5. The van der Waals surface area contributed by atoms with Crippen LogP contribution in [0.5, 0.6) is 0 Å². The number of fused-ring (bicyclic) bond motifs is 4. The number of ether oxygens (including phenoxy) is 2. The van der Waals surface area contributed by atoms with Crippen LogP contribution in [0.2, 0.25) is 0 Å². The Labute approximate surface area is 150 Å². The quantitative estimate of drug-likeness (QED) is 0.537. The van der Waals surface area contributed by atoms with Gasteiger partial charge >= 0.3 is 5.97 Å². The highest BCUT2D eigenvalue weighted by Crippen LogP contribution is 2.73. The average molecular weight is 346 g/mol. The number of ketones is 1. The number of esters is 1. The average Bonchev–Trinajstić information content (AvgIpc) is 3.15. The summed E-state index contributed by atoms with van der Waals surface area (Å²) in [6, 6.07) is 0. The summed E-state index contributed by atoms with van der Waals surface area (Å²) in [5.74, 6) is 2.19. The monoisotopic (exact) mass is 346 g/mol. The molecule has 0 unspecified atom stereocenters. The molecule has 0 radical (unpaired) electrons. The number of epoxide rings is 1. The minimum absolute atomic E-state index is 0.0223. The Bertz CT molecular complexity index is 644. The van der Waals surface area contributed by atoms with Crippen LogP contribution in [0.3, 0.4) is 0 Å². The van der Waals surface area contributed by atoms with Gasteiger partial charge in [0.1, 0.15) is 17.5 Å². The van der Waals surface area contributed by atoms with E-state index in [1.165, 1.54) is 6.92 Å². The Hall–Kier alpha value is -0.900. The number of carbonyl (C=O) groups is 2. The van der Waals surface area contributed by atoms with Gasteiger partial charge in [0.2, 0.25) is 0 Å². The van der Waals surface area contributed by atoms with Crippen molar-refractivity contribution >= 4 is 11.8 Å². The summed E-state index contributed by atoms with van der Waals surface area (Å²) in [5, 5.41) is 0. The maximum Gasteiger partial charge on any atom is 0.302 e. The molecule has 8 atom stereocenters. The van der Waals surface area contributed by atoms with Gasteiger partial charge in [-0.15, -0.1) is 0 Å². The molecule has 0 N–H and O–H groups in total. The van der Waals surface area contributed by atoms with Crippen LogP contribution in [0.25, 0.3) is 0 Å². The molecule has 4 heteroatoms. The van der Waals surface area contributed by atoms with E-state index >= 15 is 0 Å². The third-order valence-corrected chi connectivity index (χ3v) is 9.08. The lowest BCUT2D eigenvalue weighted by atomic mass is 9.45. The highest BCUT2D eigenvalue weighted by molar-refractivity contribution is 5.87. The van der Waals surface area contributed by atoms with Gasteiger partial charge in [-0.1, -0.05) is 13.8 Å². The lowest BCUT2D eigenvalue weighted by Crippen LogP contribution is -2.58. The zero-order valence-corrected chi connectivity index (χ0v) is 15.7. The maximum atomic E-state index is 12.5. The van der Waals surface area contributed by atoms with Gasteiger partial charge in [-0.2, -0.15) is 0 Å². The zero-order valence-electron chi connectivity index (χ0n) is 15.7. The van der Waals surface area contributed by atoms with E-state index in [0.717, 1.165) is 51.4 Å². The van der Waals surface area contributed by atoms with Gasteiger partial charge < -0.3 is 9.47 Å². The van der Waals surface area contributed by atoms with Crippen molar-refractivity contribution in [2.75, 3.05) is 0 Å². The summed E-state index contributed by atoms with van der Waals surface area (Å²) >= 11 is 0. The smallest absolute Gasteiger partial charge is 0.302 e. The van der Waals surface area contributed by atoms with E-state index in [1.807, 2.05) is 0 Å². The van der Waals surface area contributed by atoms with Crippen molar-refractivity contribution in [2.45, 2.75) is 89.9 Å². The van der Waals surface area contributed by atoms with Gasteiger partial charge in [0, 0.05) is 30.6 Å². The molecule has 5 fully saturated rings. The predicted octanol–water partition coefficient (Wildman–Crippen LogP) is 3.66. The molecule has 4 saturated carbocycles. The molecule has 138 valence electrons. The van der Waals surface area contributed by atoms with Crippen molar-refractivity contribution in [3.05, 3.63) is 0 Å². The first-order valence-electron chi connectivity index (χ1n) is 10.2. The highest BCUT2D eigenvalue weighted by Gasteiger charge is 2.76. The topological polar surface area (TPSA) is 55.9 Å². The molecule has 1 heterocycles. The summed E-state index contributed by atoms with van der Waals surface area (Å²) in [4.78, 5) is 23.9. The molecule has 0 aromatic rings. The van der Waals surface area contributed by atoms with E-state index in [0.29, 0.717) is 29.6 Å². The predicted molar refractivity (Wildman–Crippen MR) is 91.8 cm³/mol. The summed E-state index contributed by atoms with van der Waals surface area (Å²) in [7, 11) is 0. The number of carbonyl (C=O) groups excluding carboxylic acids is 2. The highest BCUT2D eigenvalue weighted by atomic mass is 16.6. The largest absolute Gasteiger partial charge is 0.462 e. The van der Waals surface area contributed by atoms with Gasteiger partial charge in [-0.3, -0.25) is 9.59 Å². The summed E-state index contributed by atoms with van der Waals surface area (Å²) in [6.45, 7) is 6.18. The second-order valence-electron chi connectivity index (χ2n) is 9.92. The molecular weight excluding hydrogens is 316 g/mol. The van der Waals surface area contributed by atoms with Crippen molar-refractivity contribution in [3.63, 3.8) is 0 Å². The van der Waals surface area contributed by atoms with Gasteiger partial charge in [0.05, 0.1) is 6.10 Å². The van der Waals surface area contributed by atoms with Gasteiger partial charge in [-0.25, -0.2) is 0 Å². The van der Waals surface area contributed by atoms with Crippen LogP contribution in [-0.4, -0.2) is 29.6 Å². The standard InChI is InChI=1S/C21H30O4/c1-12(22)24-13-6-9-20(3)16-7-8-19(2)15(4-5-17(19)23)14(16)10-18-21(20,11-13)25-18/h13-16,18H,4-11H2,1-3H3/t13-,14-,15-,16-,18-,19-,20+,21+/m0/s1. The molecule has 5 aliphatic rings. The summed E-state index contributed by atoms with van der Waals surface area (Å²) in [6.07, 6.45) is 8.45. The third-order valence-electron chi connectivity index (χ3n) is 9.08. The minimum atomic E-state index is -0.172. The van der Waals surface area contributed by atoms with Crippen LogP contribution in [-0.2, 0) is 19.1 Å². The van der Waals surface area contributed by atoms with Gasteiger partial charge in [0.25, 0.3) is 0 Å².